The Morgan fingerprint density at radius 2 is 1.35 bits per heavy atom. The van der Waals surface area contributed by atoms with Crippen molar-refractivity contribution in [3.8, 4) is 5.75 Å². The molecule has 4 nitrogen and oxygen atoms in total. The Balaban J connectivity index is 1.40. The van der Waals surface area contributed by atoms with E-state index in [-0.39, 0.29) is 5.78 Å². The maximum atomic E-state index is 12.8. The second kappa shape index (κ2) is 12.3. The lowest BCUT2D eigenvalue weighted by Gasteiger charge is -2.09. The van der Waals surface area contributed by atoms with Gasteiger partial charge in [-0.3, -0.25) is 9.59 Å². The van der Waals surface area contributed by atoms with Gasteiger partial charge in [-0.25, -0.2) is 0 Å². The van der Waals surface area contributed by atoms with Gasteiger partial charge in [-0.15, -0.1) is 0 Å². The van der Waals surface area contributed by atoms with Crippen LogP contribution in [0.3, 0.4) is 0 Å². The summed E-state index contributed by atoms with van der Waals surface area (Å²) >= 11 is 0. The Morgan fingerprint density at radius 3 is 2.00 bits per heavy atom. The van der Waals surface area contributed by atoms with E-state index in [0.29, 0.717) is 17.7 Å². The topological polar surface area (TPSA) is 52.6 Å². The molecule has 1 aliphatic rings. The zero-order valence-corrected chi connectivity index (χ0v) is 18.6. The minimum Gasteiger partial charge on any atom is -0.494 e. The minimum atomic E-state index is -0.864. The van der Waals surface area contributed by atoms with E-state index in [0.717, 1.165) is 12.2 Å². The van der Waals surface area contributed by atoms with Crippen LogP contribution in [0.15, 0.2) is 54.6 Å². The van der Waals surface area contributed by atoms with Gasteiger partial charge in [-0.05, 0) is 24.1 Å². The summed E-state index contributed by atoms with van der Waals surface area (Å²) in [4.78, 5) is 25.1. The molecule has 0 N–H and O–H groups in total. The fourth-order valence-electron chi connectivity index (χ4n) is 4.03. The second-order valence-corrected chi connectivity index (χ2v) is 8.31. The van der Waals surface area contributed by atoms with Crippen molar-refractivity contribution >= 4 is 11.8 Å². The first kappa shape index (κ1) is 23.1. The number of rotatable bonds is 13. The summed E-state index contributed by atoms with van der Waals surface area (Å²) in [6.45, 7) is 2.94. The molecule has 1 fully saturated rings. The van der Waals surface area contributed by atoms with Crippen molar-refractivity contribution in [3.05, 3.63) is 65.7 Å². The molecular formula is C27H34O4. The number of Topliss-reactive ketones (excluding diaryl/α,β-unsaturated/α-hetero) is 1. The summed E-state index contributed by atoms with van der Waals surface area (Å²) in [5.41, 5.74) is 1.37. The van der Waals surface area contributed by atoms with Gasteiger partial charge in [-0.2, -0.15) is 0 Å². The normalized spacial score (nSPS) is 18.2. The van der Waals surface area contributed by atoms with Crippen LogP contribution in [-0.2, 0) is 14.3 Å². The van der Waals surface area contributed by atoms with Crippen molar-refractivity contribution < 1.29 is 19.1 Å². The Bertz CT molecular complexity index is 813. The predicted molar refractivity (Wildman–Crippen MR) is 122 cm³/mol. The fraction of sp³-hybridized carbons (Fsp3) is 0.481. The second-order valence-electron chi connectivity index (χ2n) is 8.31. The Morgan fingerprint density at radius 1 is 0.742 bits per heavy atom. The lowest BCUT2D eigenvalue weighted by Crippen LogP contribution is -2.14. The van der Waals surface area contributed by atoms with Crippen LogP contribution in [0.2, 0.25) is 0 Å². The maximum absolute atomic E-state index is 12.8. The van der Waals surface area contributed by atoms with Gasteiger partial charge in [0.05, 0.1) is 6.61 Å². The Kier molecular flexibility index (Phi) is 9.14. The zero-order valence-electron chi connectivity index (χ0n) is 18.6. The van der Waals surface area contributed by atoms with E-state index in [4.69, 9.17) is 9.47 Å². The molecule has 166 valence electrons. The van der Waals surface area contributed by atoms with Crippen LogP contribution >= 0.6 is 0 Å². The quantitative estimate of drug-likeness (QED) is 0.209. The third-order valence-electron chi connectivity index (χ3n) is 5.85. The van der Waals surface area contributed by atoms with E-state index in [9.17, 15) is 9.59 Å². The number of carbonyl (C=O) groups is 2. The van der Waals surface area contributed by atoms with Crippen LogP contribution in [0.4, 0.5) is 0 Å². The van der Waals surface area contributed by atoms with Crippen molar-refractivity contribution in [2.24, 2.45) is 0 Å². The number of ether oxygens (including phenoxy) is 2. The number of hydrogen-bond donors (Lipinski definition) is 0. The minimum absolute atomic E-state index is 0.209. The molecule has 0 aromatic heterocycles. The molecule has 0 aliphatic carbocycles. The molecule has 2 aromatic carbocycles. The van der Waals surface area contributed by atoms with Crippen molar-refractivity contribution in [1.29, 1.82) is 0 Å². The summed E-state index contributed by atoms with van der Waals surface area (Å²) in [6, 6.07) is 16.4. The van der Waals surface area contributed by atoms with Crippen LogP contribution < -0.4 is 4.74 Å². The third kappa shape index (κ3) is 6.68. The Hall–Kier alpha value is -2.62. The van der Waals surface area contributed by atoms with Crippen LogP contribution in [0.1, 0.15) is 87.9 Å². The molecule has 0 saturated carbocycles. The highest BCUT2D eigenvalue weighted by Gasteiger charge is 2.44. The molecular weight excluding hydrogens is 388 g/mol. The highest BCUT2D eigenvalue weighted by molar-refractivity contribution is 6.11. The molecule has 2 atom stereocenters. The van der Waals surface area contributed by atoms with Gasteiger partial charge in [0.25, 0.3) is 0 Å². The standard InChI is InChI=1S/C27H34O4/c1-2-3-4-5-6-7-8-9-13-20-30-23-18-16-21(17-19-23)24-25(28)26(31-27(24)29)22-14-11-10-12-15-22/h10-12,14-19,24,26H,2-9,13,20H2,1H3. The largest absolute Gasteiger partial charge is 0.494 e. The van der Waals surface area contributed by atoms with Gasteiger partial charge < -0.3 is 9.47 Å². The molecule has 31 heavy (non-hydrogen) atoms. The summed E-state index contributed by atoms with van der Waals surface area (Å²) in [5, 5.41) is 0. The third-order valence-corrected chi connectivity index (χ3v) is 5.85. The van der Waals surface area contributed by atoms with Gasteiger partial charge in [0.1, 0.15) is 11.7 Å². The molecule has 0 spiro atoms. The van der Waals surface area contributed by atoms with Crippen molar-refractivity contribution in [2.75, 3.05) is 6.61 Å². The molecule has 0 radical (unpaired) electrons. The summed E-state index contributed by atoms with van der Waals surface area (Å²) in [5.74, 6) is -0.792. The van der Waals surface area contributed by atoms with Crippen LogP contribution in [0.5, 0.6) is 5.75 Å². The molecule has 2 aromatic rings. The SMILES string of the molecule is CCCCCCCCCCCOc1ccc(C2C(=O)OC(c3ccccc3)C2=O)cc1. The summed E-state index contributed by atoms with van der Waals surface area (Å²) in [7, 11) is 0. The van der Waals surface area contributed by atoms with Gasteiger partial charge in [-0.1, -0.05) is 101 Å². The Labute approximate surface area is 186 Å². The number of cyclic esters (lactones) is 1. The van der Waals surface area contributed by atoms with E-state index < -0.39 is 18.0 Å². The molecule has 2 unspecified atom stereocenters. The first-order chi connectivity index (χ1) is 15.2. The van der Waals surface area contributed by atoms with Crippen LogP contribution in [0, 0.1) is 0 Å². The molecule has 4 heteroatoms. The smallest absolute Gasteiger partial charge is 0.322 e. The van der Waals surface area contributed by atoms with E-state index in [2.05, 4.69) is 6.92 Å². The highest BCUT2D eigenvalue weighted by atomic mass is 16.6. The molecule has 1 aliphatic heterocycles. The van der Waals surface area contributed by atoms with Crippen molar-refractivity contribution in [1.82, 2.24) is 0 Å². The molecule has 0 bridgehead atoms. The van der Waals surface area contributed by atoms with E-state index in [1.54, 1.807) is 12.1 Å². The summed E-state index contributed by atoms with van der Waals surface area (Å²) < 4.78 is 11.2. The molecule has 1 saturated heterocycles. The number of benzene rings is 2. The first-order valence-electron chi connectivity index (χ1n) is 11.7. The van der Waals surface area contributed by atoms with Crippen LogP contribution in [0.25, 0.3) is 0 Å². The number of esters is 1. The van der Waals surface area contributed by atoms with Gasteiger partial charge >= 0.3 is 5.97 Å². The first-order valence-corrected chi connectivity index (χ1v) is 11.7. The van der Waals surface area contributed by atoms with E-state index in [1.807, 2.05) is 42.5 Å². The van der Waals surface area contributed by atoms with Gasteiger partial charge in [0, 0.05) is 5.56 Å². The monoisotopic (exact) mass is 422 g/mol. The summed E-state index contributed by atoms with van der Waals surface area (Å²) in [6.07, 6.45) is 10.7. The number of unbranched alkanes of at least 4 members (excludes halogenated alkanes) is 8. The molecule has 3 rings (SSSR count). The molecule has 1 heterocycles. The average Bonchev–Trinajstić information content (AvgIpc) is 3.10. The zero-order chi connectivity index (χ0) is 21.9. The lowest BCUT2D eigenvalue weighted by molar-refractivity contribution is -0.143. The van der Waals surface area contributed by atoms with Crippen molar-refractivity contribution in [3.63, 3.8) is 0 Å². The predicted octanol–water partition coefficient (Wildman–Crippen LogP) is 6.55. The lowest BCUT2D eigenvalue weighted by atomic mass is 9.92. The number of ketones is 1. The number of hydrogen-bond acceptors (Lipinski definition) is 4. The van der Waals surface area contributed by atoms with Crippen molar-refractivity contribution in [2.45, 2.75) is 76.7 Å². The van der Waals surface area contributed by atoms with Gasteiger partial charge in [0.15, 0.2) is 11.9 Å². The van der Waals surface area contributed by atoms with E-state index >= 15 is 0 Å². The molecule has 0 amide bonds. The maximum Gasteiger partial charge on any atom is 0.322 e. The highest BCUT2D eigenvalue weighted by Crippen LogP contribution is 2.36. The fourth-order valence-corrected chi connectivity index (χ4v) is 4.03. The number of carbonyl (C=O) groups excluding carboxylic acids is 2. The average molecular weight is 423 g/mol. The van der Waals surface area contributed by atoms with Gasteiger partial charge in [0.2, 0.25) is 0 Å². The van der Waals surface area contributed by atoms with E-state index in [1.165, 1.54) is 51.4 Å². The van der Waals surface area contributed by atoms with Crippen LogP contribution in [-0.4, -0.2) is 18.4 Å².